The van der Waals surface area contributed by atoms with Gasteiger partial charge < -0.3 is 19.7 Å². The zero-order valence-corrected chi connectivity index (χ0v) is 26.5. The van der Waals surface area contributed by atoms with Crippen molar-refractivity contribution in [3.63, 3.8) is 0 Å². The van der Waals surface area contributed by atoms with E-state index in [0.717, 1.165) is 16.0 Å². The number of nitrogens with zero attached hydrogens (tertiary/aromatic N) is 6. The van der Waals surface area contributed by atoms with Gasteiger partial charge in [0.1, 0.15) is 52.6 Å². The van der Waals surface area contributed by atoms with Gasteiger partial charge in [-0.3, -0.25) is 4.68 Å². The van der Waals surface area contributed by atoms with Crippen molar-refractivity contribution in [2.45, 2.75) is 56.6 Å². The summed E-state index contributed by atoms with van der Waals surface area (Å²) in [5.74, 6) is -4.30. The van der Waals surface area contributed by atoms with Gasteiger partial charge in [0, 0.05) is 24.4 Å². The molecule has 0 spiro atoms. The molecular weight excluding hydrogens is 701 g/mol. The first kappa shape index (κ1) is 33.6. The summed E-state index contributed by atoms with van der Waals surface area (Å²) in [7, 11) is 1.27. The van der Waals surface area contributed by atoms with E-state index in [-0.39, 0.29) is 39.1 Å². The van der Waals surface area contributed by atoms with Gasteiger partial charge in [0.05, 0.1) is 38.8 Å². The number of halogens is 8. The number of rotatable bonds is 6. The molecule has 2 N–H and O–H groups in total. The molecule has 1 aliphatic rings. The molecule has 1 aliphatic heterocycles. The molecule has 250 valence electrons. The molecule has 1 saturated heterocycles. The van der Waals surface area contributed by atoms with E-state index >= 15 is 4.39 Å². The first-order valence-electron chi connectivity index (χ1n) is 13.6. The fourth-order valence-electron chi connectivity index (χ4n) is 5.69. The number of benzene rings is 2. The Morgan fingerprint density at radius 2 is 1.87 bits per heavy atom. The van der Waals surface area contributed by atoms with Gasteiger partial charge in [-0.1, -0.05) is 23.2 Å². The van der Waals surface area contributed by atoms with Crippen molar-refractivity contribution in [3.05, 3.63) is 74.7 Å². The largest absolute Gasteiger partial charge is 0.418 e. The zero-order valence-electron chi connectivity index (χ0n) is 24.2. The molecule has 6 atom stereocenters. The molecule has 4 heterocycles. The van der Waals surface area contributed by atoms with Crippen LogP contribution in [0.3, 0.4) is 0 Å². The van der Waals surface area contributed by atoms with Crippen molar-refractivity contribution in [2.75, 3.05) is 7.11 Å². The van der Waals surface area contributed by atoms with Crippen LogP contribution in [0, 0.1) is 24.4 Å². The highest BCUT2D eigenvalue weighted by atomic mass is 35.5. The summed E-state index contributed by atoms with van der Waals surface area (Å²) in [6.07, 6.45) is -9.54. The molecule has 47 heavy (non-hydrogen) atoms. The average Bonchev–Trinajstić information content (AvgIpc) is 3.77. The molecule has 0 bridgehead atoms. The van der Waals surface area contributed by atoms with E-state index < -0.39 is 81.5 Å². The van der Waals surface area contributed by atoms with Crippen LogP contribution in [0.1, 0.15) is 36.3 Å². The van der Waals surface area contributed by atoms with Gasteiger partial charge in [-0.15, -0.1) is 11.3 Å². The predicted octanol–water partition coefficient (Wildman–Crippen LogP) is 6.23. The third kappa shape index (κ3) is 5.66. The number of methoxy groups -OCH3 is 1. The number of aliphatic hydroxyl groups excluding tert-OH is 2. The van der Waals surface area contributed by atoms with Crippen LogP contribution in [0.15, 0.2) is 30.0 Å². The molecule has 1 fully saturated rings. The minimum absolute atomic E-state index is 0.0299. The summed E-state index contributed by atoms with van der Waals surface area (Å²) in [6.45, 7) is 2.73. The highest BCUT2D eigenvalue weighted by Crippen LogP contribution is 2.44. The van der Waals surface area contributed by atoms with Crippen LogP contribution >= 0.6 is 34.5 Å². The van der Waals surface area contributed by atoms with E-state index in [2.05, 4.69) is 20.2 Å². The summed E-state index contributed by atoms with van der Waals surface area (Å²) in [5.41, 5.74) is -0.871. The Morgan fingerprint density at radius 3 is 2.53 bits per heavy atom. The minimum Gasteiger partial charge on any atom is -0.391 e. The van der Waals surface area contributed by atoms with E-state index in [0.29, 0.717) is 6.07 Å². The molecule has 0 radical (unpaired) electrons. The Labute approximate surface area is 275 Å². The number of hydrogen-bond acceptors (Lipinski definition) is 9. The normalized spacial score (nSPS) is 22.7. The van der Waals surface area contributed by atoms with Gasteiger partial charge in [0.15, 0.2) is 17.5 Å². The Hall–Kier alpha value is -3.32. The summed E-state index contributed by atoms with van der Waals surface area (Å²) >= 11 is 12.8. The number of hydrogen-bond donors (Lipinski definition) is 2. The number of aromatic nitrogens is 6. The molecule has 6 rings (SSSR count). The van der Waals surface area contributed by atoms with E-state index in [1.807, 2.05) is 0 Å². The standard InChI is InChI=1S/C28H22Cl2F6N6O4S/c1-9(43)23-24(45-3)21(41-7-11(6-38-41)16-18(32)19(33)17(30)20-26(16)47-8-37-20)22(44)25(46-23)27-39-10(2)40-42(27)15-5-13(29)14(31)4-12(15)28(34,35)36/h4-9,21-25,43-44H,1-3H3/t9?,21?,22?,23?,24-,25-/m1/s1. The summed E-state index contributed by atoms with van der Waals surface area (Å²) < 4.78 is 100. The van der Waals surface area contributed by atoms with Crippen molar-refractivity contribution < 1.29 is 46.0 Å². The second-order valence-corrected chi connectivity index (χ2v) is 12.3. The third-order valence-electron chi connectivity index (χ3n) is 7.74. The summed E-state index contributed by atoms with van der Waals surface area (Å²) in [6, 6.07) is -0.328. The van der Waals surface area contributed by atoms with E-state index in [1.54, 1.807) is 0 Å². The van der Waals surface area contributed by atoms with Gasteiger partial charge in [0.2, 0.25) is 0 Å². The fourth-order valence-corrected chi connectivity index (χ4v) is 6.98. The maximum absolute atomic E-state index is 15.3. The second-order valence-electron chi connectivity index (χ2n) is 10.7. The lowest BCUT2D eigenvalue weighted by molar-refractivity contribution is -0.230. The fraction of sp³-hybridized carbons (Fsp3) is 0.357. The zero-order chi connectivity index (χ0) is 34.1. The SMILES string of the molecule is CO[C@H]1C(C(C)O)O[C@@H](c2nc(C)nn2-c2cc(Cl)c(F)cc2C(F)(F)F)C(O)C1n1cc(-c2c(F)c(F)c(Cl)c3ncsc23)cn1. The number of thiazole rings is 1. The monoisotopic (exact) mass is 722 g/mol. The van der Waals surface area contributed by atoms with E-state index in [9.17, 15) is 32.2 Å². The molecule has 5 aromatic rings. The molecule has 0 aliphatic carbocycles. The lowest BCUT2D eigenvalue weighted by Gasteiger charge is -2.45. The van der Waals surface area contributed by atoms with Crippen LogP contribution < -0.4 is 0 Å². The quantitative estimate of drug-likeness (QED) is 0.156. The molecule has 4 unspecified atom stereocenters. The third-order valence-corrected chi connectivity index (χ3v) is 9.22. The highest BCUT2D eigenvalue weighted by Gasteiger charge is 2.51. The molecular formula is C28H22Cl2F6N6O4S. The van der Waals surface area contributed by atoms with Crippen LogP contribution in [0.25, 0.3) is 27.0 Å². The Kier molecular flexibility index (Phi) is 8.78. The molecule has 3 aromatic heterocycles. The molecule has 0 saturated carbocycles. The number of alkyl halides is 3. The maximum Gasteiger partial charge on any atom is 0.418 e. The van der Waals surface area contributed by atoms with E-state index in [1.165, 1.54) is 43.5 Å². The number of ether oxygens (including phenoxy) is 2. The van der Waals surface area contributed by atoms with Crippen molar-refractivity contribution in [1.82, 2.24) is 29.5 Å². The summed E-state index contributed by atoms with van der Waals surface area (Å²) in [4.78, 5) is 8.23. The molecule has 2 aromatic carbocycles. The second kappa shape index (κ2) is 12.3. The smallest absolute Gasteiger partial charge is 0.391 e. The first-order valence-corrected chi connectivity index (χ1v) is 15.3. The topological polar surface area (TPSA) is 120 Å². The van der Waals surface area contributed by atoms with Gasteiger partial charge in [-0.25, -0.2) is 27.8 Å². The van der Waals surface area contributed by atoms with Crippen molar-refractivity contribution >= 4 is 44.8 Å². The van der Waals surface area contributed by atoms with E-state index in [4.69, 9.17) is 32.7 Å². The lowest BCUT2D eigenvalue weighted by Crippen LogP contribution is -2.56. The Morgan fingerprint density at radius 1 is 1.15 bits per heavy atom. The average molecular weight is 723 g/mol. The van der Waals surface area contributed by atoms with Gasteiger partial charge in [-0.05, 0) is 26.0 Å². The van der Waals surface area contributed by atoms with Gasteiger partial charge in [-0.2, -0.15) is 23.4 Å². The van der Waals surface area contributed by atoms with Crippen LogP contribution in [0.2, 0.25) is 10.0 Å². The number of fused-ring (bicyclic) bond motifs is 1. The number of aliphatic hydroxyl groups is 2. The van der Waals surface area contributed by atoms with Crippen molar-refractivity contribution in [2.24, 2.45) is 0 Å². The van der Waals surface area contributed by atoms with Gasteiger partial charge in [0.25, 0.3) is 0 Å². The minimum atomic E-state index is -5.05. The first-order chi connectivity index (χ1) is 22.1. The van der Waals surface area contributed by atoms with Crippen molar-refractivity contribution in [1.29, 1.82) is 0 Å². The van der Waals surface area contributed by atoms with Gasteiger partial charge >= 0.3 is 6.18 Å². The van der Waals surface area contributed by atoms with Crippen LogP contribution in [0.4, 0.5) is 26.3 Å². The summed E-state index contributed by atoms with van der Waals surface area (Å²) in [5, 5.41) is 29.7. The molecule has 0 amide bonds. The van der Waals surface area contributed by atoms with Crippen molar-refractivity contribution in [3.8, 4) is 16.8 Å². The Balaban J connectivity index is 1.49. The molecule has 10 nitrogen and oxygen atoms in total. The Bertz CT molecular complexity index is 1980. The predicted molar refractivity (Wildman–Crippen MR) is 157 cm³/mol. The lowest BCUT2D eigenvalue weighted by atomic mass is 9.89. The van der Waals surface area contributed by atoms with Crippen LogP contribution in [-0.2, 0) is 15.7 Å². The maximum atomic E-state index is 15.3. The highest BCUT2D eigenvalue weighted by molar-refractivity contribution is 7.17. The van der Waals surface area contributed by atoms with Crippen LogP contribution in [0.5, 0.6) is 0 Å². The molecule has 19 heteroatoms. The van der Waals surface area contributed by atoms with Crippen LogP contribution in [-0.4, -0.2) is 71.3 Å². The number of aryl methyl sites for hydroxylation is 1.